The minimum absolute atomic E-state index is 0. The first-order chi connectivity index (χ1) is 41.1. The SMILES string of the molecule is Cc1ccc(S(=O)(=O)O)cc1.Cn1c(=O)n(-c2c(Cl)cccc2Cl)c(=N)c2cnc(Cl)nc21.Cn1c(=O)n(-c2c(Cl)cccc2Cl)c(=N)c2cnc(Nc3ccc(N4CCN(CCO)CC4)cc3)nc21.Nc1ccc(N2CCN(CCO)CC2)cc1.O. The van der Waals surface area contributed by atoms with Crippen molar-refractivity contribution in [2.24, 2.45) is 14.1 Å². The van der Waals surface area contributed by atoms with Gasteiger partial charge in [0.2, 0.25) is 11.2 Å². The number of fused-ring (bicyclic) bond motifs is 2. The molecule has 0 unspecified atom stereocenters. The number of hydrogen-bond acceptors (Lipinski definition) is 18. The van der Waals surface area contributed by atoms with Gasteiger partial charge in [0.15, 0.2) is 11.3 Å². The van der Waals surface area contributed by atoms with Gasteiger partial charge in [-0.25, -0.2) is 28.7 Å². The Morgan fingerprint density at radius 2 is 0.989 bits per heavy atom. The minimum atomic E-state index is -4.02. The average molecular weight is 1310 g/mol. The molecule has 0 atom stereocenters. The van der Waals surface area contributed by atoms with Crippen molar-refractivity contribution in [1.82, 2.24) is 48.0 Å². The third kappa shape index (κ3) is 16.2. The molecule has 87 heavy (non-hydrogen) atoms. The van der Waals surface area contributed by atoms with E-state index in [2.05, 4.69) is 57.0 Å². The van der Waals surface area contributed by atoms with Crippen molar-refractivity contribution >= 4 is 119 Å². The van der Waals surface area contributed by atoms with Gasteiger partial charge in [0, 0.05) is 115 Å². The fraction of sp³-hybridized carbons (Fsp3) is 0.263. The van der Waals surface area contributed by atoms with Crippen molar-refractivity contribution in [2.45, 2.75) is 11.8 Å². The van der Waals surface area contributed by atoms with Crippen LogP contribution >= 0.6 is 58.0 Å². The molecule has 0 spiro atoms. The maximum Gasteiger partial charge on any atom is 0.335 e. The zero-order chi connectivity index (χ0) is 62.0. The summed E-state index contributed by atoms with van der Waals surface area (Å²) in [6.07, 6.45) is 2.89. The maximum atomic E-state index is 13.2. The molecule has 0 saturated carbocycles. The zero-order valence-corrected chi connectivity index (χ0v) is 51.8. The number of nitrogens with zero attached hydrogens (tertiary/aromatic N) is 12. The molecule has 0 aliphatic carbocycles. The van der Waals surface area contributed by atoms with Gasteiger partial charge in [-0.1, -0.05) is 76.2 Å². The number of benzene rings is 5. The fourth-order valence-corrected chi connectivity index (χ4v) is 11.1. The average Bonchev–Trinajstić information content (AvgIpc) is 1.14. The van der Waals surface area contributed by atoms with Crippen molar-refractivity contribution in [1.29, 1.82) is 10.8 Å². The van der Waals surface area contributed by atoms with Gasteiger partial charge in [0.05, 0.1) is 60.3 Å². The zero-order valence-electron chi connectivity index (χ0n) is 47.2. The van der Waals surface area contributed by atoms with E-state index in [1.165, 1.54) is 46.4 Å². The highest BCUT2D eigenvalue weighted by molar-refractivity contribution is 7.85. The summed E-state index contributed by atoms with van der Waals surface area (Å²) in [7, 11) is -0.916. The first kappa shape index (κ1) is 67.0. The second kappa shape index (κ2) is 29.9. The number of halogens is 5. The van der Waals surface area contributed by atoms with Crippen LogP contribution in [0.15, 0.2) is 136 Å². The lowest BCUT2D eigenvalue weighted by Gasteiger charge is -2.35. The molecular weight excluding hydrogens is 1250 g/mol. The van der Waals surface area contributed by atoms with E-state index in [0.717, 1.165) is 90.7 Å². The highest BCUT2D eigenvalue weighted by Gasteiger charge is 2.21. The number of aryl methyl sites for hydroxylation is 3. The van der Waals surface area contributed by atoms with Crippen molar-refractivity contribution in [2.75, 3.05) is 99.5 Å². The standard InChI is InChI=1S/C25H26Cl2N8O2.C13H8Cl3N5O.C12H19N3O.C7H8O3S.H2O/c1-32-23-18(22(28)35(25(32)37)21-19(26)3-2-4-20(21)27)15-29-24(31-23)30-16-5-7-17(8-6-16)34-11-9-33(10-12-34)13-14-36;1-20-11-6(5-18-12(16)19-11)10(17)21(13(20)22)9-7(14)3-2-4-8(9)15;13-11-1-3-12(4-2-11)15-7-5-14(6-8-15)9-10-16;1-6-2-4-7(5-3-6)11(8,9)10;/h2-8,15,28,36H,9-14H2,1H3,(H,29,30,31);2-5,17H,1H3;1-4,16H,5-10,13H2;2-5H,1H3,(H,8,9,10);1H2. The highest BCUT2D eigenvalue weighted by Crippen LogP contribution is 2.29. The van der Waals surface area contributed by atoms with Crippen LogP contribution in [0.2, 0.25) is 25.4 Å². The van der Waals surface area contributed by atoms with Gasteiger partial charge in [0.25, 0.3) is 10.1 Å². The monoisotopic (exact) mass is 1310 g/mol. The van der Waals surface area contributed by atoms with E-state index in [9.17, 15) is 18.0 Å². The number of rotatable bonds is 11. The van der Waals surface area contributed by atoms with Crippen molar-refractivity contribution in [3.8, 4) is 11.4 Å². The predicted molar refractivity (Wildman–Crippen MR) is 342 cm³/mol. The van der Waals surface area contributed by atoms with E-state index in [4.69, 9.17) is 89.3 Å². The largest absolute Gasteiger partial charge is 0.412 e. The Labute approximate surface area is 524 Å². The quantitative estimate of drug-likeness (QED) is 0.0435. The van der Waals surface area contributed by atoms with Crippen molar-refractivity contribution < 1.29 is 28.7 Å². The Balaban J connectivity index is 0.000000183. The summed E-state index contributed by atoms with van der Waals surface area (Å²) in [5.74, 6) is 0.306. The van der Waals surface area contributed by atoms with Gasteiger partial charge >= 0.3 is 11.4 Å². The molecule has 30 heteroatoms. The van der Waals surface area contributed by atoms with E-state index in [0.29, 0.717) is 28.9 Å². The number of piperazine rings is 2. The molecule has 6 heterocycles. The minimum Gasteiger partial charge on any atom is -0.412 e. The van der Waals surface area contributed by atoms with Gasteiger partial charge in [-0.05, 0) is 103 Å². The first-order valence-corrected chi connectivity index (χ1v) is 30.0. The Bertz CT molecular complexity index is 4200. The van der Waals surface area contributed by atoms with Crippen LogP contribution in [-0.4, -0.2) is 155 Å². The number of aromatic nitrogens is 8. The van der Waals surface area contributed by atoms with Gasteiger partial charge in [0.1, 0.15) is 11.0 Å². The Kier molecular flexibility index (Phi) is 23.1. The molecule has 460 valence electrons. The number of nitrogens with two attached hydrogens (primary N) is 1. The molecule has 2 fully saturated rings. The first-order valence-electron chi connectivity index (χ1n) is 26.6. The van der Waals surface area contributed by atoms with Crippen LogP contribution in [0.5, 0.6) is 0 Å². The topological polar surface area (TPSA) is 330 Å². The van der Waals surface area contributed by atoms with Crippen molar-refractivity contribution in [3.63, 3.8) is 0 Å². The molecule has 10 N–H and O–H groups in total. The van der Waals surface area contributed by atoms with E-state index in [1.807, 2.05) is 43.3 Å². The molecule has 4 aromatic heterocycles. The third-order valence-corrected chi connectivity index (χ3v) is 16.3. The Hall–Kier alpha value is -7.50. The number of aliphatic hydroxyl groups excluding tert-OH is 2. The summed E-state index contributed by atoms with van der Waals surface area (Å²) in [5, 5.41) is 39.9. The van der Waals surface area contributed by atoms with Crippen LogP contribution in [0, 0.1) is 17.7 Å². The van der Waals surface area contributed by atoms with E-state index >= 15 is 0 Å². The number of nitrogen functional groups attached to an aromatic ring is 1. The smallest absolute Gasteiger partial charge is 0.335 e. The molecule has 9 aromatic rings. The third-order valence-electron chi connectivity index (χ3n) is 14.0. The normalized spacial score (nSPS) is 13.6. The Morgan fingerprint density at radius 1 is 0.586 bits per heavy atom. The second-order valence-corrected chi connectivity index (χ2v) is 23.0. The maximum absolute atomic E-state index is 13.2. The number of anilines is 5. The lowest BCUT2D eigenvalue weighted by molar-refractivity contribution is 0.188. The molecular formula is C57H63Cl5N16O8S. The number of para-hydroxylation sites is 2. The molecule has 11 rings (SSSR count). The fourth-order valence-electron chi connectivity index (χ4n) is 9.39. The lowest BCUT2D eigenvalue weighted by atomic mass is 10.2. The summed E-state index contributed by atoms with van der Waals surface area (Å²) >= 11 is 30.7. The molecule has 0 bridgehead atoms. The lowest BCUT2D eigenvalue weighted by Crippen LogP contribution is -2.47. The number of β-amino-alcohol motifs (C(OH)–C–C–N with tert-alkyl or cyclic N) is 2. The summed E-state index contributed by atoms with van der Waals surface area (Å²) in [6.45, 7) is 11.5. The summed E-state index contributed by atoms with van der Waals surface area (Å²) in [5.41, 5.74) is 10.4. The highest BCUT2D eigenvalue weighted by atomic mass is 35.5. The Morgan fingerprint density at radius 3 is 1.40 bits per heavy atom. The van der Waals surface area contributed by atoms with Gasteiger partial charge in [-0.2, -0.15) is 18.4 Å². The van der Waals surface area contributed by atoms with E-state index < -0.39 is 21.5 Å². The van der Waals surface area contributed by atoms with Crippen LogP contribution in [0.1, 0.15) is 5.56 Å². The van der Waals surface area contributed by atoms with Gasteiger partial charge in [-0.15, -0.1) is 0 Å². The van der Waals surface area contributed by atoms with Crippen LogP contribution < -0.4 is 43.2 Å². The summed E-state index contributed by atoms with van der Waals surface area (Å²) in [6, 6.07) is 31.7. The molecule has 0 radical (unpaired) electrons. The summed E-state index contributed by atoms with van der Waals surface area (Å²) in [4.78, 5) is 51.7. The van der Waals surface area contributed by atoms with Crippen LogP contribution in [0.4, 0.5) is 28.7 Å². The summed E-state index contributed by atoms with van der Waals surface area (Å²) < 4.78 is 34.4. The van der Waals surface area contributed by atoms with Crippen molar-refractivity contribution in [3.05, 3.63) is 184 Å². The van der Waals surface area contributed by atoms with Crippen LogP contribution in [0.25, 0.3) is 33.4 Å². The van der Waals surface area contributed by atoms with Gasteiger partial charge in [-0.3, -0.25) is 34.3 Å². The molecule has 24 nitrogen and oxygen atoms in total. The molecule has 2 aliphatic rings. The number of aliphatic hydroxyl groups is 2. The van der Waals surface area contributed by atoms with Gasteiger partial charge < -0.3 is 36.5 Å². The second-order valence-electron chi connectivity index (χ2n) is 19.7. The predicted octanol–water partition coefficient (Wildman–Crippen LogP) is 6.12. The van der Waals surface area contributed by atoms with E-state index in [-0.39, 0.29) is 77.0 Å². The van der Waals surface area contributed by atoms with Crippen LogP contribution in [0.3, 0.4) is 0 Å². The number of nitrogens with one attached hydrogen (secondary N) is 3. The molecule has 5 aromatic carbocycles. The van der Waals surface area contributed by atoms with E-state index in [1.54, 1.807) is 55.6 Å². The number of hydrogen-bond donors (Lipinski definition) is 7. The molecule has 2 saturated heterocycles. The van der Waals surface area contributed by atoms with Crippen LogP contribution in [-0.2, 0) is 24.2 Å². The molecule has 0 amide bonds. The molecule has 2 aliphatic heterocycles.